The highest BCUT2D eigenvalue weighted by atomic mass is 16.5. The quantitative estimate of drug-likeness (QED) is 0.546. The highest BCUT2D eigenvalue weighted by Crippen LogP contribution is 2.11. The lowest BCUT2D eigenvalue weighted by Gasteiger charge is -1.98. The molecule has 0 amide bonds. The third-order valence-corrected chi connectivity index (χ3v) is 1.67. The van der Waals surface area contributed by atoms with Crippen LogP contribution in [0.4, 0.5) is 0 Å². The molecule has 15 heavy (non-hydrogen) atoms. The summed E-state index contributed by atoms with van der Waals surface area (Å²) >= 11 is 0. The Labute approximate surface area is 89.8 Å². The van der Waals surface area contributed by atoms with E-state index < -0.39 is 0 Å². The van der Waals surface area contributed by atoms with E-state index in [0.717, 1.165) is 5.75 Å². The molecule has 0 aliphatic rings. The maximum atomic E-state index is 5.30. The van der Waals surface area contributed by atoms with Crippen LogP contribution in [0.1, 0.15) is 5.56 Å². The zero-order valence-corrected chi connectivity index (χ0v) is 8.92. The third kappa shape index (κ3) is 4.76. The van der Waals surface area contributed by atoms with Crippen molar-refractivity contribution < 1.29 is 4.74 Å². The van der Waals surface area contributed by atoms with E-state index in [2.05, 4.69) is 9.98 Å². The number of hydrogen-bond acceptors (Lipinski definition) is 3. The monoisotopic (exact) mass is 202 g/mol. The van der Waals surface area contributed by atoms with Crippen molar-refractivity contribution in [2.24, 2.45) is 9.98 Å². The standard InChI is InChI=1S/C12H14N2O/c1-11-3-5-12(6-4-11)15-10-9-14-8-7-13-2/h3-10H,1-2H3/b10-9+,13-7?,14-8?. The summed E-state index contributed by atoms with van der Waals surface area (Å²) < 4.78 is 5.30. The molecule has 0 aliphatic heterocycles. The summed E-state index contributed by atoms with van der Waals surface area (Å²) in [5.74, 6) is 0.802. The van der Waals surface area contributed by atoms with Crippen molar-refractivity contribution in [3.05, 3.63) is 42.3 Å². The van der Waals surface area contributed by atoms with Crippen LogP contribution in [0, 0.1) is 6.92 Å². The fourth-order valence-corrected chi connectivity index (χ4v) is 0.916. The molecule has 3 nitrogen and oxygen atoms in total. The van der Waals surface area contributed by atoms with Crippen LogP contribution in [0.3, 0.4) is 0 Å². The minimum Gasteiger partial charge on any atom is -0.463 e. The van der Waals surface area contributed by atoms with Gasteiger partial charge in [-0.25, -0.2) is 0 Å². The second-order valence-electron chi connectivity index (χ2n) is 2.92. The molecule has 0 aromatic heterocycles. The lowest BCUT2D eigenvalue weighted by molar-refractivity contribution is 0.480. The van der Waals surface area contributed by atoms with Gasteiger partial charge in [-0.15, -0.1) is 0 Å². The molecule has 0 radical (unpaired) electrons. The van der Waals surface area contributed by atoms with Crippen molar-refractivity contribution in [1.29, 1.82) is 0 Å². The van der Waals surface area contributed by atoms with Crippen LogP contribution in [-0.4, -0.2) is 19.5 Å². The van der Waals surface area contributed by atoms with Gasteiger partial charge in [-0.05, 0) is 19.1 Å². The Balaban J connectivity index is 2.40. The smallest absolute Gasteiger partial charge is 0.126 e. The fourth-order valence-electron chi connectivity index (χ4n) is 0.916. The van der Waals surface area contributed by atoms with Gasteiger partial charge in [-0.3, -0.25) is 9.98 Å². The van der Waals surface area contributed by atoms with Crippen molar-refractivity contribution in [3.63, 3.8) is 0 Å². The van der Waals surface area contributed by atoms with E-state index >= 15 is 0 Å². The first kappa shape index (κ1) is 11.2. The lowest BCUT2D eigenvalue weighted by Crippen LogP contribution is -1.81. The van der Waals surface area contributed by atoms with E-state index in [1.807, 2.05) is 31.2 Å². The first-order chi connectivity index (χ1) is 7.33. The average molecular weight is 202 g/mol. The molecular formula is C12H14N2O. The molecular weight excluding hydrogens is 188 g/mol. The Morgan fingerprint density at radius 1 is 1.13 bits per heavy atom. The molecule has 0 atom stereocenters. The predicted octanol–water partition coefficient (Wildman–Crippen LogP) is 2.62. The summed E-state index contributed by atoms with van der Waals surface area (Å²) in [7, 11) is 1.69. The highest BCUT2D eigenvalue weighted by Gasteiger charge is 1.88. The van der Waals surface area contributed by atoms with Crippen molar-refractivity contribution in [1.82, 2.24) is 0 Å². The topological polar surface area (TPSA) is 34.0 Å². The second-order valence-corrected chi connectivity index (χ2v) is 2.92. The summed E-state index contributed by atoms with van der Waals surface area (Å²) in [4.78, 5) is 7.67. The summed E-state index contributed by atoms with van der Waals surface area (Å²) in [6.07, 6.45) is 6.30. The number of rotatable bonds is 4. The van der Waals surface area contributed by atoms with Crippen molar-refractivity contribution in [3.8, 4) is 5.75 Å². The molecule has 1 aromatic rings. The fraction of sp³-hybridized carbons (Fsp3) is 0.167. The van der Waals surface area contributed by atoms with Crippen LogP contribution in [0.2, 0.25) is 0 Å². The molecule has 0 saturated carbocycles. The van der Waals surface area contributed by atoms with Gasteiger partial charge < -0.3 is 4.74 Å². The van der Waals surface area contributed by atoms with Gasteiger partial charge in [0, 0.05) is 19.5 Å². The first-order valence-electron chi connectivity index (χ1n) is 4.65. The number of aliphatic imine (C=N–C) groups is 2. The van der Waals surface area contributed by atoms with Crippen LogP contribution in [0.25, 0.3) is 0 Å². The van der Waals surface area contributed by atoms with E-state index in [1.165, 1.54) is 11.8 Å². The minimum absolute atomic E-state index is 0.802. The molecule has 78 valence electrons. The predicted molar refractivity (Wildman–Crippen MR) is 63.9 cm³/mol. The van der Waals surface area contributed by atoms with Crippen molar-refractivity contribution >= 4 is 12.4 Å². The number of nitrogens with zero attached hydrogens (tertiary/aromatic N) is 2. The summed E-state index contributed by atoms with van der Waals surface area (Å²) in [5, 5.41) is 0. The molecule has 0 fully saturated rings. The number of ether oxygens (including phenoxy) is 1. The number of aryl methyl sites for hydroxylation is 1. The summed E-state index contributed by atoms with van der Waals surface area (Å²) in [6, 6.07) is 7.82. The minimum atomic E-state index is 0.802. The maximum Gasteiger partial charge on any atom is 0.126 e. The zero-order chi connectivity index (χ0) is 10.9. The molecule has 1 aromatic carbocycles. The van der Waals surface area contributed by atoms with Gasteiger partial charge >= 0.3 is 0 Å². The molecule has 0 heterocycles. The third-order valence-electron chi connectivity index (χ3n) is 1.67. The van der Waals surface area contributed by atoms with Gasteiger partial charge in [-0.2, -0.15) is 0 Å². The SMILES string of the molecule is CN=CC=N/C=C/Oc1ccc(C)cc1. The summed E-state index contributed by atoms with van der Waals surface area (Å²) in [5.41, 5.74) is 1.21. The Morgan fingerprint density at radius 2 is 1.87 bits per heavy atom. The van der Waals surface area contributed by atoms with Gasteiger partial charge in [-0.1, -0.05) is 17.7 Å². The van der Waals surface area contributed by atoms with Crippen LogP contribution < -0.4 is 4.74 Å². The average Bonchev–Trinajstić information content (AvgIpc) is 2.26. The van der Waals surface area contributed by atoms with Crippen LogP contribution in [0.5, 0.6) is 5.75 Å². The van der Waals surface area contributed by atoms with Gasteiger partial charge in [0.25, 0.3) is 0 Å². The first-order valence-corrected chi connectivity index (χ1v) is 4.65. The van der Waals surface area contributed by atoms with Gasteiger partial charge in [0.15, 0.2) is 0 Å². The number of benzene rings is 1. The molecule has 0 aliphatic carbocycles. The van der Waals surface area contributed by atoms with Crippen molar-refractivity contribution in [2.45, 2.75) is 6.92 Å². The normalized spacial score (nSPS) is 11.9. The Hall–Kier alpha value is -1.90. The molecule has 0 spiro atoms. The Bertz CT molecular complexity index is 364. The Kier molecular flexibility index (Phi) is 4.87. The molecule has 0 N–H and O–H groups in total. The molecule has 0 unspecified atom stereocenters. The lowest BCUT2D eigenvalue weighted by atomic mass is 10.2. The van der Waals surface area contributed by atoms with Crippen LogP contribution in [-0.2, 0) is 0 Å². The maximum absolute atomic E-state index is 5.30. The molecule has 0 saturated heterocycles. The zero-order valence-electron chi connectivity index (χ0n) is 8.92. The summed E-state index contributed by atoms with van der Waals surface area (Å²) in [6.45, 7) is 2.04. The van der Waals surface area contributed by atoms with E-state index in [9.17, 15) is 0 Å². The molecule has 0 bridgehead atoms. The van der Waals surface area contributed by atoms with Crippen molar-refractivity contribution in [2.75, 3.05) is 7.05 Å². The largest absolute Gasteiger partial charge is 0.463 e. The van der Waals surface area contributed by atoms with Gasteiger partial charge in [0.05, 0.1) is 6.20 Å². The van der Waals surface area contributed by atoms with E-state index in [0.29, 0.717) is 0 Å². The van der Waals surface area contributed by atoms with Crippen LogP contribution in [0.15, 0.2) is 46.7 Å². The van der Waals surface area contributed by atoms with Gasteiger partial charge in [0.2, 0.25) is 0 Å². The van der Waals surface area contributed by atoms with E-state index in [1.54, 1.807) is 25.7 Å². The van der Waals surface area contributed by atoms with Crippen LogP contribution >= 0.6 is 0 Å². The van der Waals surface area contributed by atoms with Gasteiger partial charge in [0.1, 0.15) is 12.0 Å². The molecule has 3 heteroatoms. The Morgan fingerprint density at radius 3 is 2.53 bits per heavy atom. The number of hydrogen-bond donors (Lipinski definition) is 0. The second kappa shape index (κ2) is 6.54. The highest BCUT2D eigenvalue weighted by molar-refractivity contribution is 6.16. The molecule has 1 rings (SSSR count). The van der Waals surface area contributed by atoms with E-state index in [4.69, 9.17) is 4.74 Å². The van der Waals surface area contributed by atoms with E-state index in [-0.39, 0.29) is 0 Å².